The molecule has 0 radical (unpaired) electrons. The first-order chi connectivity index (χ1) is 9.38. The number of nitrogens with zero attached hydrogens (tertiary/aromatic N) is 3. The van der Waals surface area contributed by atoms with E-state index >= 15 is 0 Å². The maximum absolute atomic E-state index is 10.9. The summed E-state index contributed by atoms with van der Waals surface area (Å²) in [4.78, 5) is 18.0. The molecule has 0 aliphatic rings. The minimum Gasteiger partial charge on any atom is -0.437 e. The molecule has 2 rings (SSSR count). The molecule has 1 aromatic carbocycles. The van der Waals surface area contributed by atoms with E-state index in [0.717, 1.165) is 5.56 Å². The summed E-state index contributed by atoms with van der Waals surface area (Å²) in [5.41, 5.74) is 1.23. The number of rotatable bonds is 3. The Labute approximate surface area is 124 Å². The third-order valence-corrected chi connectivity index (χ3v) is 3.02. The Balaban J connectivity index is 2.45. The number of halogens is 2. The summed E-state index contributed by atoms with van der Waals surface area (Å²) in [6.45, 7) is 3.42. The summed E-state index contributed by atoms with van der Waals surface area (Å²) in [7, 11) is 0. The Bertz CT molecular complexity index is 692. The number of ether oxygens (including phenoxy) is 1. The lowest BCUT2D eigenvalue weighted by atomic mass is 10.1. The standard InChI is InChI=1S/C12H9Cl2N3O3/c1-6-3-7(2)10(4-9(6)17(18)19)20-11-8(13)5-15-12(14)16-11/h3-5H,1-2H3. The topological polar surface area (TPSA) is 78.2 Å². The molecule has 0 saturated heterocycles. The lowest BCUT2D eigenvalue weighted by Crippen LogP contribution is -1.97. The fourth-order valence-electron chi connectivity index (χ4n) is 1.64. The zero-order valence-corrected chi connectivity index (χ0v) is 12.1. The Kier molecular flexibility index (Phi) is 4.06. The van der Waals surface area contributed by atoms with E-state index < -0.39 is 4.92 Å². The summed E-state index contributed by atoms with van der Waals surface area (Å²) in [6.07, 6.45) is 1.30. The van der Waals surface area contributed by atoms with Crippen LogP contribution in [0.3, 0.4) is 0 Å². The molecule has 0 atom stereocenters. The number of nitro groups is 1. The molecule has 0 bridgehead atoms. The predicted molar refractivity (Wildman–Crippen MR) is 74.7 cm³/mol. The SMILES string of the molecule is Cc1cc(C)c([N+](=O)[O-])cc1Oc1nc(Cl)ncc1Cl. The van der Waals surface area contributed by atoms with E-state index in [2.05, 4.69) is 9.97 Å². The smallest absolute Gasteiger partial charge is 0.276 e. The van der Waals surface area contributed by atoms with Crippen molar-refractivity contribution in [2.45, 2.75) is 13.8 Å². The molecule has 0 aliphatic carbocycles. The third kappa shape index (κ3) is 2.97. The number of aryl methyl sites for hydroxylation is 2. The zero-order chi connectivity index (χ0) is 14.9. The second kappa shape index (κ2) is 5.60. The van der Waals surface area contributed by atoms with Gasteiger partial charge >= 0.3 is 0 Å². The van der Waals surface area contributed by atoms with Gasteiger partial charge in [-0.15, -0.1) is 0 Å². The molecule has 0 N–H and O–H groups in total. The van der Waals surface area contributed by atoms with E-state index in [9.17, 15) is 10.1 Å². The molecular formula is C12H9Cl2N3O3. The molecule has 8 heteroatoms. The van der Waals surface area contributed by atoms with E-state index in [1.165, 1.54) is 12.3 Å². The predicted octanol–water partition coefficient (Wildman–Crippen LogP) is 4.10. The highest BCUT2D eigenvalue weighted by molar-refractivity contribution is 6.32. The van der Waals surface area contributed by atoms with Crippen molar-refractivity contribution in [3.8, 4) is 11.6 Å². The highest BCUT2D eigenvalue weighted by Crippen LogP contribution is 2.33. The van der Waals surface area contributed by atoms with Gasteiger partial charge in [-0.05, 0) is 37.1 Å². The van der Waals surface area contributed by atoms with Crippen LogP contribution in [0.4, 0.5) is 5.69 Å². The summed E-state index contributed by atoms with van der Waals surface area (Å²) in [6, 6.07) is 2.99. The zero-order valence-electron chi connectivity index (χ0n) is 10.6. The fourth-order valence-corrected chi connectivity index (χ4v) is 1.89. The number of aromatic nitrogens is 2. The Hall–Kier alpha value is -1.92. The molecule has 0 aliphatic heterocycles. The lowest BCUT2D eigenvalue weighted by Gasteiger charge is -2.10. The van der Waals surface area contributed by atoms with Gasteiger partial charge in [0.15, 0.2) is 0 Å². The maximum atomic E-state index is 10.9. The Morgan fingerprint density at radius 1 is 1.25 bits per heavy atom. The van der Waals surface area contributed by atoms with Crippen molar-refractivity contribution >= 4 is 28.9 Å². The second-order valence-corrected chi connectivity index (χ2v) is 4.80. The average molecular weight is 314 g/mol. The van der Waals surface area contributed by atoms with Crippen LogP contribution in [-0.4, -0.2) is 14.9 Å². The largest absolute Gasteiger partial charge is 0.437 e. The first-order valence-corrected chi connectivity index (χ1v) is 6.25. The van der Waals surface area contributed by atoms with Crippen LogP contribution in [0.5, 0.6) is 11.6 Å². The first-order valence-electron chi connectivity index (χ1n) is 5.50. The van der Waals surface area contributed by atoms with Crippen LogP contribution in [0.15, 0.2) is 18.3 Å². The molecule has 0 saturated carbocycles. The molecule has 1 heterocycles. The minimum atomic E-state index is -0.476. The van der Waals surface area contributed by atoms with Gasteiger partial charge in [0.05, 0.1) is 17.2 Å². The van der Waals surface area contributed by atoms with Crippen molar-refractivity contribution in [3.63, 3.8) is 0 Å². The minimum absolute atomic E-state index is 0.0244. The Morgan fingerprint density at radius 3 is 2.60 bits per heavy atom. The van der Waals surface area contributed by atoms with Gasteiger partial charge in [-0.2, -0.15) is 4.98 Å². The van der Waals surface area contributed by atoms with E-state index in [1.54, 1.807) is 19.9 Å². The molecule has 1 aromatic heterocycles. The van der Waals surface area contributed by atoms with E-state index in [4.69, 9.17) is 27.9 Å². The van der Waals surface area contributed by atoms with Crippen LogP contribution in [0.1, 0.15) is 11.1 Å². The third-order valence-electron chi connectivity index (χ3n) is 2.58. The van der Waals surface area contributed by atoms with E-state index in [0.29, 0.717) is 11.3 Å². The monoisotopic (exact) mass is 313 g/mol. The molecule has 0 unspecified atom stereocenters. The van der Waals surface area contributed by atoms with Crippen molar-refractivity contribution in [1.82, 2.24) is 9.97 Å². The number of hydrogen-bond acceptors (Lipinski definition) is 5. The van der Waals surface area contributed by atoms with Gasteiger partial charge in [-0.1, -0.05) is 11.6 Å². The number of nitro benzene ring substituents is 1. The highest BCUT2D eigenvalue weighted by atomic mass is 35.5. The van der Waals surface area contributed by atoms with Crippen molar-refractivity contribution in [3.05, 3.63) is 49.9 Å². The van der Waals surface area contributed by atoms with Crippen LogP contribution in [0.25, 0.3) is 0 Å². The second-order valence-electron chi connectivity index (χ2n) is 4.06. The fraction of sp³-hybridized carbons (Fsp3) is 0.167. The Morgan fingerprint density at radius 2 is 1.95 bits per heavy atom. The normalized spacial score (nSPS) is 10.4. The van der Waals surface area contributed by atoms with Gasteiger partial charge in [-0.3, -0.25) is 10.1 Å². The molecule has 0 spiro atoms. The van der Waals surface area contributed by atoms with Crippen LogP contribution in [-0.2, 0) is 0 Å². The van der Waals surface area contributed by atoms with Gasteiger partial charge in [-0.25, -0.2) is 4.98 Å². The van der Waals surface area contributed by atoms with E-state index in [1.807, 2.05) is 0 Å². The summed E-state index contributed by atoms with van der Waals surface area (Å²) < 4.78 is 5.49. The van der Waals surface area contributed by atoms with Gasteiger partial charge in [0, 0.05) is 5.56 Å². The van der Waals surface area contributed by atoms with Gasteiger partial charge in [0.1, 0.15) is 10.8 Å². The van der Waals surface area contributed by atoms with E-state index in [-0.39, 0.29) is 21.9 Å². The molecule has 0 fully saturated rings. The van der Waals surface area contributed by atoms with Crippen molar-refractivity contribution in [2.24, 2.45) is 0 Å². The molecular weight excluding hydrogens is 305 g/mol. The van der Waals surface area contributed by atoms with Crippen molar-refractivity contribution in [1.29, 1.82) is 0 Å². The van der Waals surface area contributed by atoms with Gasteiger partial charge < -0.3 is 4.74 Å². The lowest BCUT2D eigenvalue weighted by molar-refractivity contribution is -0.385. The molecule has 2 aromatic rings. The summed E-state index contributed by atoms with van der Waals surface area (Å²) in [5.74, 6) is 0.340. The van der Waals surface area contributed by atoms with Crippen molar-refractivity contribution < 1.29 is 9.66 Å². The van der Waals surface area contributed by atoms with Crippen LogP contribution in [0, 0.1) is 24.0 Å². The molecule has 6 nitrogen and oxygen atoms in total. The average Bonchev–Trinajstić information content (AvgIpc) is 2.36. The molecule has 20 heavy (non-hydrogen) atoms. The number of hydrogen-bond donors (Lipinski definition) is 0. The number of benzene rings is 1. The van der Waals surface area contributed by atoms with Crippen LogP contribution < -0.4 is 4.74 Å². The summed E-state index contributed by atoms with van der Waals surface area (Å²) >= 11 is 11.6. The molecule has 0 amide bonds. The van der Waals surface area contributed by atoms with Gasteiger partial charge in [0.2, 0.25) is 11.2 Å². The maximum Gasteiger partial charge on any atom is 0.276 e. The first kappa shape index (κ1) is 14.5. The molecule has 104 valence electrons. The van der Waals surface area contributed by atoms with Gasteiger partial charge in [0.25, 0.3) is 5.69 Å². The van der Waals surface area contributed by atoms with Crippen LogP contribution in [0.2, 0.25) is 10.3 Å². The quantitative estimate of drug-likeness (QED) is 0.484. The highest BCUT2D eigenvalue weighted by Gasteiger charge is 2.16. The van der Waals surface area contributed by atoms with Crippen LogP contribution >= 0.6 is 23.2 Å². The summed E-state index contributed by atoms with van der Waals surface area (Å²) in [5, 5.41) is 11.1. The van der Waals surface area contributed by atoms with Crippen molar-refractivity contribution in [2.75, 3.05) is 0 Å².